The van der Waals surface area contributed by atoms with Gasteiger partial charge >= 0.3 is 0 Å². The van der Waals surface area contributed by atoms with Crippen LogP contribution in [0.4, 0.5) is 0 Å². The van der Waals surface area contributed by atoms with Gasteiger partial charge in [-0.05, 0) is 37.8 Å². The highest BCUT2D eigenvalue weighted by atomic mass is 16.1. The van der Waals surface area contributed by atoms with E-state index in [0.717, 1.165) is 25.7 Å². The number of ketones is 2. The molecule has 0 aromatic carbocycles. The third-order valence-corrected chi connectivity index (χ3v) is 3.59. The summed E-state index contributed by atoms with van der Waals surface area (Å²) < 4.78 is 0. The maximum atomic E-state index is 12.2. The predicted octanol–water partition coefficient (Wildman–Crippen LogP) is 2.12. The third kappa shape index (κ3) is 1.21. The van der Waals surface area contributed by atoms with Crippen molar-refractivity contribution >= 4 is 11.6 Å². The van der Waals surface area contributed by atoms with E-state index in [9.17, 15) is 9.59 Å². The summed E-state index contributed by atoms with van der Waals surface area (Å²) in [5.74, 6) is -0.162. The molecule has 2 heteroatoms. The molecule has 80 valence electrons. The van der Waals surface area contributed by atoms with Crippen LogP contribution >= 0.6 is 0 Å². The Balaban J connectivity index is 2.18. The average Bonchev–Trinajstić information content (AvgIpc) is 2.36. The SMILES string of the molecule is O=C1C2=C=CCCC2C(=O)C2CCC=C=C12. The highest BCUT2D eigenvalue weighted by Gasteiger charge is 2.43. The maximum absolute atomic E-state index is 12.2. The van der Waals surface area contributed by atoms with Crippen LogP contribution in [0.1, 0.15) is 25.7 Å². The van der Waals surface area contributed by atoms with E-state index < -0.39 is 0 Å². The summed E-state index contributed by atoms with van der Waals surface area (Å²) >= 11 is 0. The van der Waals surface area contributed by atoms with E-state index in [2.05, 4.69) is 11.5 Å². The van der Waals surface area contributed by atoms with Gasteiger partial charge in [0.1, 0.15) is 5.78 Å². The molecule has 0 radical (unpaired) electrons. The average molecular weight is 212 g/mol. The van der Waals surface area contributed by atoms with E-state index >= 15 is 0 Å². The molecular weight excluding hydrogens is 200 g/mol. The molecule has 3 rings (SSSR count). The van der Waals surface area contributed by atoms with Gasteiger partial charge < -0.3 is 0 Å². The molecule has 1 saturated carbocycles. The van der Waals surface area contributed by atoms with Crippen LogP contribution in [0.2, 0.25) is 0 Å². The van der Waals surface area contributed by atoms with Crippen molar-refractivity contribution in [3.63, 3.8) is 0 Å². The van der Waals surface area contributed by atoms with Crippen LogP contribution in [0.15, 0.2) is 34.8 Å². The molecule has 0 bridgehead atoms. The number of carbonyl (C=O) groups is 2. The van der Waals surface area contributed by atoms with Gasteiger partial charge in [-0.15, -0.1) is 11.5 Å². The Bertz CT molecular complexity index is 465. The minimum absolute atomic E-state index is 0.00139. The first-order valence-electron chi connectivity index (χ1n) is 5.77. The van der Waals surface area contributed by atoms with Crippen LogP contribution in [0.5, 0.6) is 0 Å². The number of fused-ring (bicyclic) bond motifs is 2. The summed E-state index contributed by atoms with van der Waals surface area (Å²) in [6, 6.07) is 0. The lowest BCUT2D eigenvalue weighted by atomic mass is 9.68. The Kier molecular flexibility index (Phi) is 2.07. The summed E-state index contributed by atoms with van der Waals surface area (Å²) in [6.45, 7) is 0. The van der Waals surface area contributed by atoms with E-state index in [1.807, 2.05) is 12.2 Å². The van der Waals surface area contributed by atoms with E-state index in [0.29, 0.717) is 11.1 Å². The molecule has 2 nitrogen and oxygen atoms in total. The first-order valence-corrected chi connectivity index (χ1v) is 5.77. The van der Waals surface area contributed by atoms with Crippen molar-refractivity contribution in [2.24, 2.45) is 11.8 Å². The zero-order chi connectivity index (χ0) is 11.1. The minimum Gasteiger partial charge on any atom is -0.298 e. The summed E-state index contributed by atoms with van der Waals surface area (Å²) in [6.07, 6.45) is 7.00. The standard InChI is InChI=1S/C14H12O2/c15-13-9-5-1-2-6-10(9)14(16)12-8-4-3-7-11(12)13/h1,3,10,12H,2,4,6,8H2. The van der Waals surface area contributed by atoms with Gasteiger partial charge in [-0.1, -0.05) is 0 Å². The maximum Gasteiger partial charge on any atom is 0.201 e. The molecule has 0 saturated heterocycles. The van der Waals surface area contributed by atoms with E-state index in [1.165, 1.54) is 0 Å². The molecule has 3 aliphatic rings. The van der Waals surface area contributed by atoms with E-state index in [-0.39, 0.29) is 23.4 Å². The zero-order valence-corrected chi connectivity index (χ0v) is 8.95. The lowest BCUT2D eigenvalue weighted by Crippen LogP contribution is -2.38. The first-order chi connectivity index (χ1) is 7.79. The predicted molar refractivity (Wildman–Crippen MR) is 58.7 cm³/mol. The van der Waals surface area contributed by atoms with Gasteiger partial charge in [-0.2, -0.15) is 0 Å². The minimum atomic E-state index is -0.189. The van der Waals surface area contributed by atoms with Crippen LogP contribution in [0.3, 0.4) is 0 Å². The topological polar surface area (TPSA) is 34.1 Å². The molecule has 0 N–H and O–H groups in total. The van der Waals surface area contributed by atoms with Crippen molar-refractivity contribution in [2.75, 3.05) is 0 Å². The van der Waals surface area contributed by atoms with E-state index in [4.69, 9.17) is 0 Å². The number of hydrogen-bond acceptors (Lipinski definition) is 2. The fourth-order valence-corrected chi connectivity index (χ4v) is 2.76. The molecule has 3 aliphatic carbocycles. The molecule has 1 fully saturated rings. The largest absolute Gasteiger partial charge is 0.298 e. The second-order valence-electron chi connectivity index (χ2n) is 4.52. The molecule has 2 unspecified atom stereocenters. The fraction of sp³-hybridized carbons (Fsp3) is 0.429. The number of rotatable bonds is 0. The van der Waals surface area contributed by atoms with Crippen LogP contribution in [0.25, 0.3) is 0 Å². The number of hydrogen-bond donors (Lipinski definition) is 0. The Morgan fingerprint density at radius 3 is 1.94 bits per heavy atom. The van der Waals surface area contributed by atoms with Gasteiger partial charge in [0.05, 0.1) is 23.0 Å². The molecular formula is C14H12O2. The monoisotopic (exact) mass is 212 g/mol. The highest BCUT2D eigenvalue weighted by Crippen LogP contribution is 2.38. The van der Waals surface area contributed by atoms with Gasteiger partial charge in [-0.3, -0.25) is 9.59 Å². The van der Waals surface area contributed by atoms with Crippen LogP contribution in [-0.4, -0.2) is 11.6 Å². The van der Waals surface area contributed by atoms with Gasteiger partial charge in [0.25, 0.3) is 0 Å². The molecule has 0 aliphatic heterocycles. The van der Waals surface area contributed by atoms with Crippen molar-refractivity contribution < 1.29 is 9.59 Å². The second kappa shape index (κ2) is 3.45. The highest BCUT2D eigenvalue weighted by molar-refractivity contribution is 6.18. The van der Waals surface area contributed by atoms with Gasteiger partial charge in [0.15, 0.2) is 0 Å². The number of Topliss-reactive ketones (excluding diaryl/α,β-unsaturated/α-hetero) is 2. The normalized spacial score (nSPS) is 31.8. The number of allylic oxidation sites excluding steroid dienone is 2. The van der Waals surface area contributed by atoms with Crippen molar-refractivity contribution in [3.05, 3.63) is 34.8 Å². The van der Waals surface area contributed by atoms with Crippen LogP contribution in [-0.2, 0) is 9.59 Å². The van der Waals surface area contributed by atoms with Gasteiger partial charge in [0, 0.05) is 0 Å². The molecule has 0 spiro atoms. The Hall–Kier alpha value is -1.62. The van der Waals surface area contributed by atoms with Crippen molar-refractivity contribution in [2.45, 2.75) is 25.7 Å². The van der Waals surface area contributed by atoms with Crippen LogP contribution < -0.4 is 0 Å². The van der Waals surface area contributed by atoms with Crippen LogP contribution in [0, 0.1) is 11.8 Å². The third-order valence-electron chi connectivity index (χ3n) is 3.59. The number of carbonyl (C=O) groups excluding carboxylic acids is 2. The fourth-order valence-electron chi connectivity index (χ4n) is 2.76. The summed E-state index contributed by atoms with van der Waals surface area (Å²) in [7, 11) is 0. The molecule has 0 heterocycles. The molecule has 0 aromatic heterocycles. The summed E-state index contributed by atoms with van der Waals surface area (Å²) in [5, 5.41) is 0. The van der Waals surface area contributed by atoms with Crippen molar-refractivity contribution in [1.29, 1.82) is 0 Å². The lowest BCUT2D eigenvalue weighted by molar-refractivity contribution is -0.130. The van der Waals surface area contributed by atoms with Crippen molar-refractivity contribution in [3.8, 4) is 0 Å². The molecule has 0 amide bonds. The zero-order valence-electron chi connectivity index (χ0n) is 8.95. The van der Waals surface area contributed by atoms with Crippen molar-refractivity contribution in [1.82, 2.24) is 0 Å². The summed E-state index contributed by atoms with van der Waals surface area (Å²) in [4.78, 5) is 24.4. The molecule has 2 atom stereocenters. The Labute approximate surface area is 94.0 Å². The Morgan fingerprint density at radius 2 is 1.44 bits per heavy atom. The molecule has 0 aromatic rings. The van der Waals surface area contributed by atoms with Gasteiger partial charge in [-0.25, -0.2) is 0 Å². The van der Waals surface area contributed by atoms with E-state index in [1.54, 1.807) is 0 Å². The lowest BCUT2D eigenvalue weighted by Gasteiger charge is -2.31. The smallest absolute Gasteiger partial charge is 0.201 e. The second-order valence-corrected chi connectivity index (χ2v) is 4.52. The van der Waals surface area contributed by atoms with Gasteiger partial charge in [0.2, 0.25) is 5.78 Å². The molecule has 16 heavy (non-hydrogen) atoms. The quantitative estimate of drug-likeness (QED) is 0.576. The summed E-state index contributed by atoms with van der Waals surface area (Å²) in [5.41, 5.74) is 7.11. The Morgan fingerprint density at radius 1 is 0.938 bits per heavy atom. The first kappa shape index (κ1) is 9.59.